The summed E-state index contributed by atoms with van der Waals surface area (Å²) in [5.74, 6) is 0.387. The van der Waals surface area contributed by atoms with Gasteiger partial charge in [-0.2, -0.15) is 0 Å². The van der Waals surface area contributed by atoms with Gasteiger partial charge in [0.15, 0.2) is 22.3 Å². The van der Waals surface area contributed by atoms with E-state index in [1.165, 1.54) is 11.3 Å². The maximum atomic E-state index is 13.5. The smallest absolute Gasteiger partial charge is 0.358 e. The number of thiazole rings is 1. The molecule has 0 radical (unpaired) electrons. The number of ether oxygens (including phenoxy) is 3. The van der Waals surface area contributed by atoms with E-state index in [0.29, 0.717) is 34.5 Å². The van der Waals surface area contributed by atoms with Crippen LogP contribution in [0.25, 0.3) is 0 Å². The number of anilines is 1. The Balaban J connectivity index is 1.60. The maximum Gasteiger partial charge on any atom is 0.358 e. The van der Waals surface area contributed by atoms with Crippen LogP contribution in [0, 0.1) is 6.92 Å². The molecule has 0 saturated heterocycles. The van der Waals surface area contributed by atoms with Gasteiger partial charge in [0, 0.05) is 11.4 Å². The molecule has 3 aromatic rings. The zero-order valence-electron chi connectivity index (χ0n) is 17.9. The molecule has 0 spiro atoms. The van der Waals surface area contributed by atoms with E-state index in [-0.39, 0.29) is 24.8 Å². The molecule has 2 heterocycles. The van der Waals surface area contributed by atoms with Crippen molar-refractivity contribution in [2.45, 2.75) is 26.4 Å². The fourth-order valence-corrected chi connectivity index (χ4v) is 4.32. The van der Waals surface area contributed by atoms with Gasteiger partial charge >= 0.3 is 5.97 Å². The quantitative estimate of drug-likeness (QED) is 0.504. The minimum absolute atomic E-state index is 0.104. The van der Waals surface area contributed by atoms with E-state index < -0.39 is 12.1 Å². The molecule has 0 N–H and O–H groups in total. The first-order chi connectivity index (χ1) is 15.6. The summed E-state index contributed by atoms with van der Waals surface area (Å²) in [5, 5.41) is 0.439. The minimum atomic E-state index is -0.809. The van der Waals surface area contributed by atoms with Gasteiger partial charge in [0.25, 0.3) is 5.91 Å². The first kappa shape index (κ1) is 21.8. The van der Waals surface area contributed by atoms with Crippen molar-refractivity contribution >= 4 is 28.3 Å². The summed E-state index contributed by atoms with van der Waals surface area (Å²) in [5.41, 5.74) is 1.32. The lowest BCUT2D eigenvalue weighted by atomic mass is 10.1. The summed E-state index contributed by atoms with van der Waals surface area (Å²) in [6.07, 6.45) is -0.180. The highest BCUT2D eigenvalue weighted by molar-refractivity contribution is 7.16. The first-order valence-electron chi connectivity index (χ1n) is 10.4. The second-order valence-electron chi connectivity index (χ2n) is 7.21. The number of aryl methyl sites for hydroxylation is 1. The molecule has 0 aliphatic carbocycles. The van der Waals surface area contributed by atoms with Crippen molar-refractivity contribution in [3.63, 3.8) is 0 Å². The van der Waals surface area contributed by atoms with Crippen LogP contribution >= 0.6 is 11.3 Å². The SMILES string of the molecule is CCOC(=O)c1nc(N(CCc2ccccc2)C(=O)[C@@H]2COc3ccccc3O2)sc1C. The lowest BCUT2D eigenvalue weighted by Gasteiger charge is -2.29. The molecule has 1 aliphatic rings. The number of fused-ring (bicyclic) bond motifs is 1. The number of esters is 1. The number of hydrogen-bond acceptors (Lipinski definition) is 7. The van der Waals surface area contributed by atoms with Crippen molar-refractivity contribution in [2.24, 2.45) is 0 Å². The summed E-state index contributed by atoms with van der Waals surface area (Å²) in [4.78, 5) is 32.5. The third-order valence-corrected chi connectivity index (χ3v) is 6.00. The van der Waals surface area contributed by atoms with Gasteiger partial charge in [0.2, 0.25) is 6.10 Å². The molecule has 1 amide bonds. The molecule has 0 saturated carbocycles. The fourth-order valence-electron chi connectivity index (χ4n) is 3.39. The zero-order chi connectivity index (χ0) is 22.5. The van der Waals surface area contributed by atoms with E-state index in [2.05, 4.69) is 4.98 Å². The van der Waals surface area contributed by atoms with Gasteiger partial charge in [-0.05, 0) is 38.0 Å². The van der Waals surface area contributed by atoms with E-state index in [1.807, 2.05) is 42.5 Å². The van der Waals surface area contributed by atoms with Crippen LogP contribution in [0.2, 0.25) is 0 Å². The molecule has 7 nitrogen and oxygen atoms in total. The number of rotatable bonds is 7. The van der Waals surface area contributed by atoms with Crippen molar-refractivity contribution in [2.75, 3.05) is 24.7 Å². The highest BCUT2D eigenvalue weighted by Crippen LogP contribution is 2.33. The number of benzene rings is 2. The molecule has 1 atom stereocenters. The van der Waals surface area contributed by atoms with Crippen LogP contribution in [0.3, 0.4) is 0 Å². The van der Waals surface area contributed by atoms with E-state index in [1.54, 1.807) is 30.9 Å². The topological polar surface area (TPSA) is 78.0 Å². The van der Waals surface area contributed by atoms with Crippen LogP contribution in [0.15, 0.2) is 54.6 Å². The van der Waals surface area contributed by atoms with Gasteiger partial charge in [-0.15, -0.1) is 11.3 Å². The molecule has 2 aromatic carbocycles. The van der Waals surface area contributed by atoms with Gasteiger partial charge in [0.05, 0.1) is 6.61 Å². The molecule has 1 aliphatic heterocycles. The minimum Gasteiger partial charge on any atom is -0.485 e. The number of nitrogens with zero attached hydrogens (tertiary/aromatic N) is 2. The van der Waals surface area contributed by atoms with Crippen LogP contribution in [-0.4, -0.2) is 42.7 Å². The molecule has 8 heteroatoms. The van der Waals surface area contributed by atoms with Gasteiger partial charge in [0.1, 0.15) is 6.61 Å². The Kier molecular flexibility index (Phi) is 6.70. The maximum absolute atomic E-state index is 13.5. The van der Waals surface area contributed by atoms with Gasteiger partial charge in [-0.25, -0.2) is 9.78 Å². The van der Waals surface area contributed by atoms with Gasteiger partial charge in [-0.3, -0.25) is 9.69 Å². The van der Waals surface area contributed by atoms with Crippen molar-refractivity contribution in [1.29, 1.82) is 0 Å². The van der Waals surface area contributed by atoms with Crippen LogP contribution in [0.5, 0.6) is 11.5 Å². The van der Waals surface area contributed by atoms with Crippen molar-refractivity contribution in [3.8, 4) is 11.5 Å². The number of hydrogen-bond donors (Lipinski definition) is 0. The van der Waals surface area contributed by atoms with Crippen LogP contribution < -0.4 is 14.4 Å². The average molecular weight is 453 g/mol. The standard InChI is InChI=1S/C24H24N2O5S/c1-3-29-23(28)21-16(2)32-24(25-21)26(14-13-17-9-5-4-6-10-17)22(27)20-15-30-18-11-7-8-12-19(18)31-20/h4-12,20H,3,13-15H2,1-2H3/t20-/m0/s1. The predicted octanol–water partition coefficient (Wildman–Crippen LogP) is 4.04. The zero-order valence-corrected chi connectivity index (χ0v) is 18.8. The predicted molar refractivity (Wildman–Crippen MR) is 122 cm³/mol. The fraction of sp³-hybridized carbons (Fsp3) is 0.292. The largest absolute Gasteiger partial charge is 0.485 e. The van der Waals surface area contributed by atoms with E-state index >= 15 is 0 Å². The third-order valence-electron chi connectivity index (χ3n) is 5.00. The lowest BCUT2D eigenvalue weighted by Crippen LogP contribution is -2.47. The second kappa shape index (κ2) is 9.82. The van der Waals surface area contributed by atoms with Crippen molar-refractivity contribution in [3.05, 3.63) is 70.7 Å². The Hall–Kier alpha value is -3.39. The number of carbonyl (C=O) groups excluding carboxylic acids is 2. The summed E-state index contributed by atoms with van der Waals surface area (Å²) < 4.78 is 16.8. The lowest BCUT2D eigenvalue weighted by molar-refractivity contribution is -0.127. The second-order valence-corrected chi connectivity index (χ2v) is 8.39. The Bertz CT molecular complexity index is 1100. The third kappa shape index (κ3) is 4.75. The Morgan fingerprint density at radius 2 is 1.84 bits per heavy atom. The number of para-hydroxylation sites is 2. The molecule has 0 fully saturated rings. The number of carbonyl (C=O) groups is 2. The molecule has 4 rings (SSSR count). The van der Waals surface area contributed by atoms with Crippen molar-refractivity contribution < 1.29 is 23.8 Å². The Labute approximate surface area is 190 Å². The summed E-state index contributed by atoms with van der Waals surface area (Å²) in [7, 11) is 0. The molecule has 1 aromatic heterocycles. The van der Waals surface area contributed by atoms with Crippen LogP contribution in [-0.2, 0) is 16.0 Å². The number of amides is 1. The molecular formula is C24H24N2O5S. The molecule has 0 bridgehead atoms. The highest BCUT2D eigenvalue weighted by atomic mass is 32.1. The first-order valence-corrected chi connectivity index (χ1v) is 11.3. The van der Waals surface area contributed by atoms with Crippen molar-refractivity contribution in [1.82, 2.24) is 4.98 Å². The molecule has 32 heavy (non-hydrogen) atoms. The molecule has 166 valence electrons. The monoisotopic (exact) mass is 452 g/mol. The van der Waals surface area contributed by atoms with Gasteiger partial charge in [-0.1, -0.05) is 42.5 Å². The van der Waals surface area contributed by atoms with Crippen LogP contribution in [0.4, 0.5) is 5.13 Å². The Morgan fingerprint density at radius 1 is 1.12 bits per heavy atom. The average Bonchev–Trinajstić information content (AvgIpc) is 3.21. The van der Waals surface area contributed by atoms with E-state index in [4.69, 9.17) is 14.2 Å². The highest BCUT2D eigenvalue weighted by Gasteiger charge is 2.33. The van der Waals surface area contributed by atoms with Gasteiger partial charge < -0.3 is 14.2 Å². The van der Waals surface area contributed by atoms with Crippen LogP contribution in [0.1, 0.15) is 27.9 Å². The number of aromatic nitrogens is 1. The summed E-state index contributed by atoms with van der Waals surface area (Å²) >= 11 is 1.29. The Morgan fingerprint density at radius 3 is 2.59 bits per heavy atom. The molecule has 0 unspecified atom stereocenters. The summed E-state index contributed by atoms with van der Waals surface area (Å²) in [6.45, 7) is 4.29. The summed E-state index contributed by atoms with van der Waals surface area (Å²) in [6, 6.07) is 17.2. The van der Waals surface area contributed by atoms with E-state index in [0.717, 1.165) is 5.56 Å². The normalized spacial score (nSPS) is 14.6. The molecular weight excluding hydrogens is 428 g/mol. The van der Waals surface area contributed by atoms with E-state index in [9.17, 15) is 9.59 Å².